The number of Topliss-reactive ketones (excluding diaryl/α,β-unsaturated/α-hetero) is 1. The molecule has 0 saturated heterocycles. The highest BCUT2D eigenvalue weighted by Crippen LogP contribution is 2.28. The number of halogens is 3. The van der Waals surface area contributed by atoms with Gasteiger partial charge in [-0.15, -0.1) is 0 Å². The van der Waals surface area contributed by atoms with Gasteiger partial charge in [-0.3, -0.25) is 14.3 Å². The summed E-state index contributed by atoms with van der Waals surface area (Å²) in [7, 11) is 0. The molecule has 3 aromatic rings. The van der Waals surface area contributed by atoms with Gasteiger partial charge >= 0.3 is 0 Å². The molecule has 164 valence electrons. The van der Waals surface area contributed by atoms with E-state index in [-0.39, 0.29) is 39.1 Å². The lowest BCUT2D eigenvalue weighted by Gasteiger charge is -2.17. The van der Waals surface area contributed by atoms with Gasteiger partial charge in [-0.1, -0.05) is 37.0 Å². The fourth-order valence-corrected chi connectivity index (χ4v) is 3.64. The van der Waals surface area contributed by atoms with Gasteiger partial charge in [0.15, 0.2) is 17.4 Å². The summed E-state index contributed by atoms with van der Waals surface area (Å²) in [4.78, 5) is 30.4. The first kappa shape index (κ1) is 23.2. The van der Waals surface area contributed by atoms with Gasteiger partial charge in [0, 0.05) is 30.9 Å². The highest BCUT2D eigenvalue weighted by molar-refractivity contribution is 6.37. The summed E-state index contributed by atoms with van der Waals surface area (Å²) in [5.74, 6) is -1.74. The molecule has 1 N–H and O–H groups in total. The SMILES string of the molecule is CCN(CC)CCn1cc(CC(=O)c2cc(C(=O)c3c(Cl)ccc(Cl)c3F)c[nH]2)cn1. The van der Waals surface area contributed by atoms with Crippen molar-refractivity contribution in [1.82, 2.24) is 19.7 Å². The number of hydrogen-bond acceptors (Lipinski definition) is 4. The third kappa shape index (κ3) is 5.42. The van der Waals surface area contributed by atoms with E-state index in [0.717, 1.165) is 31.7 Å². The number of carbonyl (C=O) groups excluding carboxylic acids is 2. The van der Waals surface area contributed by atoms with E-state index in [4.69, 9.17) is 23.2 Å². The molecule has 0 unspecified atom stereocenters. The molecule has 6 nitrogen and oxygen atoms in total. The van der Waals surface area contributed by atoms with Crippen LogP contribution >= 0.6 is 23.2 Å². The smallest absolute Gasteiger partial charge is 0.199 e. The standard InChI is InChI=1S/C22H23Cl2FN4O2/c1-3-28(4-2)7-8-29-13-14(11-27-29)9-19(30)18-10-15(12-26-18)22(31)20-16(23)5-6-17(24)21(20)25/h5-6,10-13,26H,3-4,7-9H2,1-2H3. The maximum Gasteiger partial charge on any atom is 0.199 e. The number of H-pyrrole nitrogens is 1. The van der Waals surface area contributed by atoms with E-state index in [2.05, 4.69) is 28.8 Å². The lowest BCUT2D eigenvalue weighted by Crippen LogP contribution is -2.27. The molecule has 0 radical (unpaired) electrons. The molecule has 2 heterocycles. The number of ketones is 2. The summed E-state index contributed by atoms with van der Waals surface area (Å²) in [6.45, 7) is 7.79. The number of nitrogens with one attached hydrogen (secondary N) is 1. The van der Waals surface area contributed by atoms with Gasteiger partial charge in [0.1, 0.15) is 0 Å². The first-order valence-corrected chi connectivity index (χ1v) is 10.7. The molecule has 0 aliphatic rings. The quantitative estimate of drug-likeness (QED) is 0.350. The Kier molecular flexibility index (Phi) is 7.64. The minimum atomic E-state index is -0.884. The molecule has 31 heavy (non-hydrogen) atoms. The number of aromatic nitrogens is 3. The van der Waals surface area contributed by atoms with Crippen LogP contribution in [-0.4, -0.2) is 50.9 Å². The second kappa shape index (κ2) is 10.2. The maximum atomic E-state index is 14.3. The Morgan fingerprint density at radius 3 is 2.61 bits per heavy atom. The van der Waals surface area contributed by atoms with Crippen LogP contribution in [0, 0.1) is 5.82 Å². The number of rotatable bonds is 10. The van der Waals surface area contributed by atoms with Crippen LogP contribution in [0.2, 0.25) is 10.0 Å². The molecule has 0 spiro atoms. The fourth-order valence-electron chi connectivity index (χ4n) is 3.25. The highest BCUT2D eigenvalue weighted by atomic mass is 35.5. The molecule has 0 atom stereocenters. The van der Waals surface area contributed by atoms with Gasteiger partial charge in [-0.2, -0.15) is 5.10 Å². The van der Waals surface area contributed by atoms with Crippen LogP contribution in [0.15, 0.2) is 36.8 Å². The zero-order valence-electron chi connectivity index (χ0n) is 17.3. The van der Waals surface area contributed by atoms with Crippen molar-refractivity contribution in [3.05, 3.63) is 75.0 Å². The normalized spacial score (nSPS) is 11.3. The third-order valence-corrected chi connectivity index (χ3v) is 5.71. The Morgan fingerprint density at radius 2 is 1.90 bits per heavy atom. The molecule has 0 fully saturated rings. The Balaban J connectivity index is 1.67. The second-order valence-corrected chi connectivity index (χ2v) is 7.90. The first-order valence-electron chi connectivity index (χ1n) is 9.97. The lowest BCUT2D eigenvalue weighted by atomic mass is 10.0. The largest absolute Gasteiger partial charge is 0.358 e. The summed E-state index contributed by atoms with van der Waals surface area (Å²) in [6, 6.07) is 4.03. The Bertz CT molecular complexity index is 1090. The zero-order chi connectivity index (χ0) is 22.5. The van der Waals surface area contributed by atoms with Crippen molar-refractivity contribution in [3.63, 3.8) is 0 Å². The third-order valence-electron chi connectivity index (χ3n) is 5.11. The van der Waals surface area contributed by atoms with Crippen molar-refractivity contribution in [2.24, 2.45) is 0 Å². The summed E-state index contributed by atoms with van der Waals surface area (Å²) < 4.78 is 16.1. The first-order chi connectivity index (χ1) is 14.8. The van der Waals surface area contributed by atoms with E-state index in [1.165, 1.54) is 24.4 Å². The number of aromatic amines is 1. The number of nitrogens with zero attached hydrogens (tertiary/aromatic N) is 3. The van der Waals surface area contributed by atoms with Crippen LogP contribution < -0.4 is 0 Å². The molecular formula is C22H23Cl2FN4O2. The highest BCUT2D eigenvalue weighted by Gasteiger charge is 2.22. The van der Waals surface area contributed by atoms with Gasteiger partial charge < -0.3 is 9.88 Å². The molecule has 0 bridgehead atoms. The summed E-state index contributed by atoms with van der Waals surface area (Å²) in [5.41, 5.74) is 0.830. The monoisotopic (exact) mass is 464 g/mol. The van der Waals surface area contributed by atoms with Gasteiger partial charge in [0.05, 0.1) is 34.0 Å². The maximum absolute atomic E-state index is 14.3. The molecule has 9 heteroatoms. The second-order valence-electron chi connectivity index (χ2n) is 7.09. The lowest BCUT2D eigenvalue weighted by molar-refractivity contribution is 0.0988. The topological polar surface area (TPSA) is 71.0 Å². The predicted molar refractivity (Wildman–Crippen MR) is 119 cm³/mol. The van der Waals surface area contributed by atoms with Crippen LogP contribution in [0.25, 0.3) is 0 Å². The molecule has 0 aliphatic carbocycles. The van der Waals surface area contributed by atoms with E-state index >= 15 is 0 Å². The van der Waals surface area contributed by atoms with Crippen LogP contribution in [-0.2, 0) is 13.0 Å². The van der Waals surface area contributed by atoms with Crippen LogP contribution in [0.4, 0.5) is 4.39 Å². The minimum Gasteiger partial charge on any atom is -0.358 e. The molecule has 0 saturated carbocycles. The van der Waals surface area contributed by atoms with Crippen molar-refractivity contribution < 1.29 is 14.0 Å². The Labute approximate surface area is 190 Å². The molecule has 0 amide bonds. The molecular weight excluding hydrogens is 442 g/mol. The predicted octanol–water partition coefficient (Wildman–Crippen LogP) is 4.66. The van der Waals surface area contributed by atoms with E-state index in [9.17, 15) is 14.0 Å². The van der Waals surface area contributed by atoms with Crippen molar-refractivity contribution in [3.8, 4) is 0 Å². The van der Waals surface area contributed by atoms with E-state index in [0.29, 0.717) is 0 Å². The average molecular weight is 465 g/mol. The molecule has 1 aromatic carbocycles. The number of likely N-dealkylation sites (N-methyl/N-ethyl adjacent to an activating group) is 1. The summed E-state index contributed by atoms with van der Waals surface area (Å²) in [5, 5.41) is 4.07. The average Bonchev–Trinajstić information content (AvgIpc) is 3.41. The van der Waals surface area contributed by atoms with Crippen molar-refractivity contribution in [2.75, 3.05) is 19.6 Å². The summed E-state index contributed by atoms with van der Waals surface area (Å²) in [6.07, 6.45) is 5.00. The minimum absolute atomic E-state index is 0.0434. The van der Waals surface area contributed by atoms with E-state index in [1.807, 2.05) is 10.9 Å². The van der Waals surface area contributed by atoms with Crippen molar-refractivity contribution >= 4 is 34.8 Å². The van der Waals surface area contributed by atoms with Crippen LogP contribution in [0.5, 0.6) is 0 Å². The van der Waals surface area contributed by atoms with Gasteiger partial charge in [0.2, 0.25) is 0 Å². The van der Waals surface area contributed by atoms with Gasteiger partial charge in [-0.05, 0) is 36.9 Å². The number of hydrogen-bond donors (Lipinski definition) is 1. The molecule has 2 aromatic heterocycles. The van der Waals surface area contributed by atoms with Crippen molar-refractivity contribution in [2.45, 2.75) is 26.8 Å². The van der Waals surface area contributed by atoms with E-state index in [1.54, 1.807) is 6.20 Å². The number of carbonyl (C=O) groups is 2. The van der Waals surface area contributed by atoms with Crippen LogP contribution in [0.1, 0.15) is 45.8 Å². The molecule has 3 rings (SSSR count). The Morgan fingerprint density at radius 1 is 1.19 bits per heavy atom. The van der Waals surface area contributed by atoms with Crippen LogP contribution in [0.3, 0.4) is 0 Å². The fraction of sp³-hybridized carbons (Fsp3) is 0.318. The molecule has 0 aliphatic heterocycles. The summed E-state index contributed by atoms with van der Waals surface area (Å²) >= 11 is 11.7. The number of benzene rings is 1. The van der Waals surface area contributed by atoms with Gasteiger partial charge in [0.25, 0.3) is 0 Å². The zero-order valence-corrected chi connectivity index (χ0v) is 18.8. The Hall–Kier alpha value is -2.48. The van der Waals surface area contributed by atoms with Crippen molar-refractivity contribution in [1.29, 1.82) is 0 Å². The van der Waals surface area contributed by atoms with Gasteiger partial charge in [-0.25, -0.2) is 4.39 Å². The van der Waals surface area contributed by atoms with E-state index < -0.39 is 11.6 Å².